The predicted octanol–water partition coefficient (Wildman–Crippen LogP) is 3.37. The Bertz CT molecular complexity index is 737. The highest BCUT2D eigenvalue weighted by atomic mass is 16.4. The van der Waals surface area contributed by atoms with Gasteiger partial charge in [-0.25, -0.2) is 4.79 Å². The highest BCUT2D eigenvalue weighted by Gasteiger charge is 2.37. The normalized spacial score (nSPS) is 13.1. The number of hydrogen-bond donors (Lipinski definition) is 2. The summed E-state index contributed by atoms with van der Waals surface area (Å²) in [5, 5.41) is 11.9. The fraction of sp³-hybridized carbons (Fsp3) is 0.522. The van der Waals surface area contributed by atoms with Gasteiger partial charge in [-0.15, -0.1) is 0 Å². The fourth-order valence-corrected chi connectivity index (χ4v) is 3.56. The molecule has 0 bridgehead atoms. The lowest BCUT2D eigenvalue weighted by molar-refractivity contribution is -0.135. The number of hydrogen-bond acceptors (Lipinski definition) is 3. The van der Waals surface area contributed by atoms with Crippen molar-refractivity contribution in [3.05, 3.63) is 47.5 Å². The van der Waals surface area contributed by atoms with Gasteiger partial charge < -0.3 is 15.3 Å². The van der Waals surface area contributed by atoms with Crippen LogP contribution in [0.3, 0.4) is 0 Å². The molecule has 2 amide bonds. The van der Waals surface area contributed by atoms with Crippen LogP contribution in [0.1, 0.15) is 53.0 Å². The first-order valence-electron chi connectivity index (χ1n) is 10.1. The number of carbonyl (C=O) groups excluding carboxylic acids is 2. The van der Waals surface area contributed by atoms with Gasteiger partial charge in [0.2, 0.25) is 11.8 Å². The van der Waals surface area contributed by atoms with Crippen LogP contribution in [-0.2, 0) is 19.8 Å². The molecule has 0 radical (unpaired) electrons. The summed E-state index contributed by atoms with van der Waals surface area (Å²) in [5.74, 6) is -1.42. The molecule has 0 heterocycles. The van der Waals surface area contributed by atoms with E-state index in [0.29, 0.717) is 12.8 Å². The van der Waals surface area contributed by atoms with Crippen LogP contribution in [0.15, 0.2) is 42.0 Å². The summed E-state index contributed by atoms with van der Waals surface area (Å²) in [6.45, 7) is 9.17. The van der Waals surface area contributed by atoms with Crippen molar-refractivity contribution in [3.8, 4) is 0 Å². The number of nitrogens with zero attached hydrogens (tertiary/aromatic N) is 1. The first kappa shape index (κ1) is 24.4. The van der Waals surface area contributed by atoms with Crippen LogP contribution in [0.4, 0.5) is 0 Å². The Morgan fingerprint density at radius 3 is 2.14 bits per heavy atom. The zero-order valence-electron chi connectivity index (χ0n) is 18.4. The van der Waals surface area contributed by atoms with E-state index in [-0.39, 0.29) is 35.9 Å². The molecule has 0 unspecified atom stereocenters. The first-order valence-corrected chi connectivity index (χ1v) is 10.1. The van der Waals surface area contributed by atoms with Crippen LogP contribution in [0.25, 0.3) is 0 Å². The van der Waals surface area contributed by atoms with Crippen molar-refractivity contribution in [1.29, 1.82) is 0 Å². The van der Waals surface area contributed by atoms with Crippen molar-refractivity contribution in [2.45, 2.75) is 58.9 Å². The molecule has 1 aromatic rings. The first-order chi connectivity index (χ1) is 13.6. The van der Waals surface area contributed by atoms with E-state index in [1.54, 1.807) is 13.1 Å². The van der Waals surface area contributed by atoms with Crippen molar-refractivity contribution < 1.29 is 19.5 Å². The predicted molar refractivity (Wildman–Crippen MR) is 115 cm³/mol. The monoisotopic (exact) mass is 402 g/mol. The quantitative estimate of drug-likeness (QED) is 0.588. The zero-order chi connectivity index (χ0) is 22.2. The third kappa shape index (κ3) is 5.92. The number of benzene rings is 1. The highest BCUT2D eigenvalue weighted by molar-refractivity contribution is 5.91. The summed E-state index contributed by atoms with van der Waals surface area (Å²) in [6.07, 6.45) is 2.83. The van der Waals surface area contributed by atoms with E-state index >= 15 is 0 Å². The van der Waals surface area contributed by atoms with E-state index in [9.17, 15) is 14.4 Å². The fourth-order valence-electron chi connectivity index (χ4n) is 3.56. The second kappa shape index (κ2) is 10.8. The molecule has 6 heteroatoms. The van der Waals surface area contributed by atoms with Crippen molar-refractivity contribution in [1.82, 2.24) is 10.2 Å². The van der Waals surface area contributed by atoms with Crippen LogP contribution in [0.5, 0.6) is 0 Å². The van der Waals surface area contributed by atoms with E-state index in [4.69, 9.17) is 5.11 Å². The minimum atomic E-state index is -1.01. The summed E-state index contributed by atoms with van der Waals surface area (Å²) in [4.78, 5) is 38.4. The number of carboxylic acid groups (broad SMARTS) is 1. The average molecular weight is 403 g/mol. The molecule has 0 aromatic heterocycles. The smallest absolute Gasteiger partial charge is 0.331 e. The minimum Gasteiger partial charge on any atom is -0.478 e. The Morgan fingerprint density at radius 2 is 1.69 bits per heavy atom. The van der Waals surface area contributed by atoms with E-state index in [1.807, 2.05) is 58.0 Å². The van der Waals surface area contributed by atoms with Gasteiger partial charge in [0.25, 0.3) is 0 Å². The molecule has 1 rings (SSSR count). The third-order valence-corrected chi connectivity index (χ3v) is 5.65. The number of amides is 2. The summed E-state index contributed by atoms with van der Waals surface area (Å²) < 4.78 is 0. The van der Waals surface area contributed by atoms with Gasteiger partial charge in [-0.1, -0.05) is 64.1 Å². The molecule has 1 atom stereocenters. The Kier molecular flexibility index (Phi) is 9.08. The molecule has 29 heavy (non-hydrogen) atoms. The third-order valence-electron chi connectivity index (χ3n) is 5.65. The second-order valence-corrected chi connectivity index (χ2v) is 7.73. The number of likely N-dealkylation sites (N-methyl/N-ethyl adjacent to an activating group) is 1. The molecular formula is C23H34N2O4. The maximum absolute atomic E-state index is 13.1. The standard InChI is InChI=1S/C23H34N2O4/c1-7-23(8-2,18-12-10-9-11-13-18)22(29)24-15-20(26)25(6)19(16(3)4)14-17(5)21(27)28/h9-14,16,19H,7-8,15H2,1-6H3,(H,24,29)(H,27,28)/b17-14+/t19-/m1/s1. The molecule has 0 spiro atoms. The molecule has 0 fully saturated rings. The van der Waals surface area contributed by atoms with Crippen LogP contribution in [0.2, 0.25) is 0 Å². The van der Waals surface area contributed by atoms with Gasteiger partial charge in [-0.2, -0.15) is 0 Å². The molecule has 0 saturated heterocycles. The Balaban J connectivity index is 2.94. The van der Waals surface area contributed by atoms with Gasteiger partial charge in [0.1, 0.15) is 0 Å². The van der Waals surface area contributed by atoms with E-state index in [0.717, 1.165) is 5.56 Å². The summed E-state index contributed by atoms with van der Waals surface area (Å²) in [7, 11) is 1.63. The molecular weight excluding hydrogens is 368 g/mol. The summed E-state index contributed by atoms with van der Waals surface area (Å²) in [6, 6.07) is 9.24. The van der Waals surface area contributed by atoms with Gasteiger partial charge in [0, 0.05) is 12.6 Å². The Hall–Kier alpha value is -2.63. The second-order valence-electron chi connectivity index (χ2n) is 7.73. The maximum Gasteiger partial charge on any atom is 0.331 e. The van der Waals surface area contributed by atoms with E-state index < -0.39 is 11.4 Å². The van der Waals surface area contributed by atoms with Gasteiger partial charge in [0.15, 0.2) is 0 Å². The Labute approximate surface area is 174 Å². The number of aliphatic carboxylic acids is 1. The largest absolute Gasteiger partial charge is 0.478 e. The summed E-state index contributed by atoms with van der Waals surface area (Å²) >= 11 is 0. The SMILES string of the molecule is CCC(CC)(C(=O)NCC(=O)N(C)[C@H](/C=C(\C)C(=O)O)C(C)C)c1ccccc1. The number of rotatable bonds is 10. The zero-order valence-corrected chi connectivity index (χ0v) is 18.4. The average Bonchev–Trinajstić information content (AvgIpc) is 2.71. The lowest BCUT2D eigenvalue weighted by Crippen LogP contribution is -2.49. The van der Waals surface area contributed by atoms with Crippen LogP contribution in [0, 0.1) is 5.92 Å². The number of carboxylic acids is 1. The van der Waals surface area contributed by atoms with Gasteiger partial charge in [-0.3, -0.25) is 9.59 Å². The topological polar surface area (TPSA) is 86.7 Å². The van der Waals surface area contributed by atoms with E-state index in [1.165, 1.54) is 11.8 Å². The van der Waals surface area contributed by atoms with Crippen LogP contribution in [-0.4, -0.2) is 47.4 Å². The van der Waals surface area contributed by atoms with Crippen molar-refractivity contribution in [2.24, 2.45) is 5.92 Å². The van der Waals surface area contributed by atoms with Crippen molar-refractivity contribution in [3.63, 3.8) is 0 Å². The molecule has 0 saturated carbocycles. The molecule has 0 aliphatic heterocycles. The molecule has 160 valence electrons. The number of carbonyl (C=O) groups is 3. The summed E-state index contributed by atoms with van der Waals surface area (Å²) in [5.41, 5.74) is 0.438. The molecule has 1 aromatic carbocycles. The maximum atomic E-state index is 13.1. The molecule has 2 N–H and O–H groups in total. The molecule has 0 aliphatic carbocycles. The number of nitrogens with one attached hydrogen (secondary N) is 1. The Morgan fingerprint density at radius 1 is 1.14 bits per heavy atom. The minimum absolute atomic E-state index is 0.0312. The van der Waals surface area contributed by atoms with Gasteiger partial charge >= 0.3 is 5.97 Å². The van der Waals surface area contributed by atoms with Crippen molar-refractivity contribution in [2.75, 3.05) is 13.6 Å². The lowest BCUT2D eigenvalue weighted by Gasteiger charge is -2.32. The molecule has 0 aliphatic rings. The lowest BCUT2D eigenvalue weighted by atomic mass is 9.75. The van der Waals surface area contributed by atoms with E-state index in [2.05, 4.69) is 5.32 Å². The van der Waals surface area contributed by atoms with Crippen LogP contribution >= 0.6 is 0 Å². The van der Waals surface area contributed by atoms with Gasteiger partial charge in [0.05, 0.1) is 18.0 Å². The van der Waals surface area contributed by atoms with Crippen LogP contribution < -0.4 is 5.32 Å². The molecule has 6 nitrogen and oxygen atoms in total. The van der Waals surface area contributed by atoms with Crippen molar-refractivity contribution >= 4 is 17.8 Å². The highest BCUT2D eigenvalue weighted by Crippen LogP contribution is 2.31. The van der Waals surface area contributed by atoms with Gasteiger partial charge in [-0.05, 0) is 31.2 Å².